The van der Waals surface area contributed by atoms with Gasteiger partial charge in [-0.2, -0.15) is 0 Å². The number of nitrogens with one attached hydrogen (secondary N) is 2. The van der Waals surface area contributed by atoms with Gasteiger partial charge in [0.05, 0.1) is 5.69 Å². The summed E-state index contributed by atoms with van der Waals surface area (Å²) < 4.78 is 26.1. The van der Waals surface area contributed by atoms with E-state index >= 15 is 0 Å². The highest BCUT2D eigenvalue weighted by atomic mass is 19.1. The number of rotatable bonds is 2. The first-order valence-corrected chi connectivity index (χ1v) is 6.05. The Morgan fingerprint density at radius 2 is 1.60 bits per heavy atom. The summed E-state index contributed by atoms with van der Waals surface area (Å²) >= 11 is 0. The molecule has 2 aromatic carbocycles. The molecule has 0 bridgehead atoms. The summed E-state index contributed by atoms with van der Waals surface area (Å²) in [4.78, 5) is 11.8. The van der Waals surface area contributed by atoms with E-state index in [9.17, 15) is 13.6 Å². The number of amides is 2. The van der Waals surface area contributed by atoms with Crippen molar-refractivity contribution >= 4 is 17.4 Å². The molecule has 5 heteroatoms. The summed E-state index contributed by atoms with van der Waals surface area (Å²) in [6.07, 6.45) is 0. The highest BCUT2D eigenvalue weighted by Crippen LogP contribution is 2.17. The van der Waals surface area contributed by atoms with Gasteiger partial charge in [0.15, 0.2) is 0 Å². The Balaban J connectivity index is 2.09. The van der Waals surface area contributed by atoms with Gasteiger partial charge in [0.1, 0.15) is 11.6 Å². The average Bonchev–Trinajstić information content (AvgIpc) is 2.31. The maximum absolute atomic E-state index is 13.4. The number of halogens is 2. The number of hydrogen-bond acceptors (Lipinski definition) is 1. The molecule has 104 valence electrons. The minimum absolute atomic E-state index is 0.0757. The topological polar surface area (TPSA) is 41.1 Å². The maximum atomic E-state index is 13.4. The van der Waals surface area contributed by atoms with Crippen molar-refractivity contribution in [2.75, 3.05) is 10.6 Å². The van der Waals surface area contributed by atoms with Crippen molar-refractivity contribution in [3.05, 3.63) is 59.2 Å². The van der Waals surface area contributed by atoms with Crippen molar-refractivity contribution in [2.24, 2.45) is 0 Å². The molecule has 0 aliphatic heterocycles. The minimum atomic E-state index is -0.819. The van der Waals surface area contributed by atoms with Gasteiger partial charge in [-0.1, -0.05) is 6.07 Å². The van der Waals surface area contributed by atoms with Crippen molar-refractivity contribution < 1.29 is 13.6 Å². The van der Waals surface area contributed by atoms with Crippen molar-refractivity contribution in [3.8, 4) is 0 Å². The first kappa shape index (κ1) is 14.0. The lowest BCUT2D eigenvalue weighted by molar-refractivity contribution is 0.262. The van der Waals surface area contributed by atoms with Crippen LogP contribution >= 0.6 is 0 Å². The monoisotopic (exact) mass is 276 g/mol. The Morgan fingerprint density at radius 1 is 0.950 bits per heavy atom. The zero-order valence-electron chi connectivity index (χ0n) is 11.1. The van der Waals surface area contributed by atoms with E-state index in [2.05, 4.69) is 10.6 Å². The van der Waals surface area contributed by atoms with Crippen LogP contribution in [-0.4, -0.2) is 6.03 Å². The van der Waals surface area contributed by atoms with E-state index in [0.29, 0.717) is 11.8 Å². The van der Waals surface area contributed by atoms with Gasteiger partial charge in [-0.05, 0) is 49.2 Å². The SMILES string of the molecule is Cc1cc(C)cc(NC(=O)Nc2ccc(F)cc2F)c1. The number of aryl methyl sites for hydroxylation is 2. The van der Waals surface area contributed by atoms with Crippen LogP contribution in [0.1, 0.15) is 11.1 Å². The summed E-state index contributed by atoms with van der Waals surface area (Å²) in [6, 6.07) is 7.96. The van der Waals surface area contributed by atoms with Gasteiger partial charge in [0.25, 0.3) is 0 Å². The molecule has 0 atom stereocenters. The molecule has 0 unspecified atom stereocenters. The Bertz CT molecular complexity index is 636. The van der Waals surface area contributed by atoms with Crippen LogP contribution in [0.4, 0.5) is 25.0 Å². The number of urea groups is 1. The van der Waals surface area contributed by atoms with Gasteiger partial charge in [0, 0.05) is 11.8 Å². The van der Waals surface area contributed by atoms with Crippen LogP contribution in [0.5, 0.6) is 0 Å². The smallest absolute Gasteiger partial charge is 0.308 e. The van der Waals surface area contributed by atoms with E-state index < -0.39 is 17.7 Å². The van der Waals surface area contributed by atoms with Crippen LogP contribution in [0, 0.1) is 25.5 Å². The van der Waals surface area contributed by atoms with Crippen molar-refractivity contribution in [1.82, 2.24) is 0 Å². The van der Waals surface area contributed by atoms with Gasteiger partial charge < -0.3 is 10.6 Å². The first-order chi connectivity index (χ1) is 9.44. The highest BCUT2D eigenvalue weighted by Gasteiger charge is 2.08. The molecule has 0 heterocycles. The predicted molar refractivity (Wildman–Crippen MR) is 74.9 cm³/mol. The second-order valence-electron chi connectivity index (χ2n) is 4.58. The molecule has 2 rings (SSSR count). The maximum Gasteiger partial charge on any atom is 0.323 e. The van der Waals surface area contributed by atoms with Gasteiger partial charge in [-0.15, -0.1) is 0 Å². The Kier molecular flexibility index (Phi) is 3.98. The number of benzene rings is 2. The van der Waals surface area contributed by atoms with Crippen LogP contribution in [0.2, 0.25) is 0 Å². The third kappa shape index (κ3) is 3.54. The second-order valence-corrected chi connectivity index (χ2v) is 4.58. The minimum Gasteiger partial charge on any atom is -0.308 e. The van der Waals surface area contributed by atoms with Crippen LogP contribution in [0.3, 0.4) is 0 Å². The van der Waals surface area contributed by atoms with Gasteiger partial charge >= 0.3 is 6.03 Å². The lowest BCUT2D eigenvalue weighted by atomic mass is 10.1. The predicted octanol–water partition coefficient (Wildman–Crippen LogP) is 4.23. The summed E-state index contributed by atoms with van der Waals surface area (Å²) in [5, 5.41) is 4.94. The molecule has 2 aromatic rings. The quantitative estimate of drug-likeness (QED) is 0.847. The Hall–Kier alpha value is -2.43. The summed E-state index contributed by atoms with van der Waals surface area (Å²) in [6.45, 7) is 3.82. The molecular weight excluding hydrogens is 262 g/mol. The molecule has 0 aliphatic carbocycles. The van der Waals surface area contributed by atoms with E-state index in [0.717, 1.165) is 17.2 Å². The van der Waals surface area contributed by atoms with Crippen LogP contribution in [0.15, 0.2) is 36.4 Å². The fourth-order valence-electron chi connectivity index (χ4n) is 1.92. The lowest BCUT2D eigenvalue weighted by Gasteiger charge is -2.10. The third-order valence-electron chi connectivity index (χ3n) is 2.66. The van der Waals surface area contributed by atoms with E-state index in [1.165, 1.54) is 6.07 Å². The van der Waals surface area contributed by atoms with Gasteiger partial charge in [-0.3, -0.25) is 0 Å². The number of carbonyl (C=O) groups excluding carboxylic acids is 1. The zero-order chi connectivity index (χ0) is 14.7. The molecule has 3 nitrogen and oxygen atoms in total. The number of carbonyl (C=O) groups is 1. The molecule has 0 saturated carbocycles. The standard InChI is InChI=1S/C15H14F2N2O/c1-9-5-10(2)7-12(6-9)18-15(20)19-14-4-3-11(16)8-13(14)17/h3-8H,1-2H3,(H2,18,19,20). The molecular formula is C15H14F2N2O. The lowest BCUT2D eigenvalue weighted by Crippen LogP contribution is -2.20. The van der Waals surface area contributed by atoms with Crippen LogP contribution in [-0.2, 0) is 0 Å². The molecule has 0 aromatic heterocycles. The van der Waals surface area contributed by atoms with E-state index in [1.807, 2.05) is 19.9 Å². The van der Waals surface area contributed by atoms with Crippen molar-refractivity contribution in [3.63, 3.8) is 0 Å². The molecule has 0 fully saturated rings. The summed E-state index contributed by atoms with van der Waals surface area (Å²) in [5.74, 6) is -1.51. The zero-order valence-corrected chi connectivity index (χ0v) is 11.1. The molecule has 0 saturated heterocycles. The highest BCUT2D eigenvalue weighted by molar-refractivity contribution is 5.99. The van der Waals surface area contributed by atoms with Crippen LogP contribution in [0.25, 0.3) is 0 Å². The third-order valence-corrected chi connectivity index (χ3v) is 2.66. The van der Waals surface area contributed by atoms with Crippen molar-refractivity contribution in [1.29, 1.82) is 0 Å². The normalized spacial score (nSPS) is 10.2. The molecule has 20 heavy (non-hydrogen) atoms. The van der Waals surface area contributed by atoms with Gasteiger partial charge in [0.2, 0.25) is 0 Å². The Morgan fingerprint density at radius 3 is 2.20 bits per heavy atom. The van der Waals surface area contributed by atoms with Crippen molar-refractivity contribution in [2.45, 2.75) is 13.8 Å². The van der Waals surface area contributed by atoms with E-state index in [-0.39, 0.29) is 5.69 Å². The number of hydrogen-bond donors (Lipinski definition) is 2. The molecule has 2 N–H and O–H groups in total. The summed E-state index contributed by atoms with van der Waals surface area (Å²) in [5.41, 5.74) is 2.55. The molecule has 0 spiro atoms. The molecule has 2 amide bonds. The largest absolute Gasteiger partial charge is 0.323 e. The average molecular weight is 276 g/mol. The summed E-state index contributed by atoms with van der Waals surface area (Å²) in [7, 11) is 0. The Labute approximate surface area is 115 Å². The second kappa shape index (κ2) is 5.69. The van der Waals surface area contributed by atoms with E-state index in [1.54, 1.807) is 12.1 Å². The van der Waals surface area contributed by atoms with Crippen LogP contribution < -0.4 is 10.6 Å². The molecule has 0 aliphatic rings. The number of anilines is 2. The first-order valence-electron chi connectivity index (χ1n) is 6.05. The fraction of sp³-hybridized carbons (Fsp3) is 0.133. The van der Waals surface area contributed by atoms with Gasteiger partial charge in [-0.25, -0.2) is 13.6 Å². The van der Waals surface area contributed by atoms with E-state index in [4.69, 9.17) is 0 Å². The fourth-order valence-corrected chi connectivity index (χ4v) is 1.92. The molecule has 0 radical (unpaired) electrons.